The molecule has 0 radical (unpaired) electrons. The van der Waals surface area contributed by atoms with Gasteiger partial charge in [-0.05, 0) is 30.7 Å². The molecule has 6 nitrogen and oxygen atoms in total. The van der Waals surface area contributed by atoms with Gasteiger partial charge in [0.2, 0.25) is 5.91 Å². The Balaban J connectivity index is 1.54. The smallest absolute Gasteiger partial charge is 0.387 e. The van der Waals surface area contributed by atoms with Crippen LogP contribution in [0.3, 0.4) is 0 Å². The van der Waals surface area contributed by atoms with Crippen molar-refractivity contribution in [2.45, 2.75) is 19.5 Å². The highest BCUT2D eigenvalue weighted by molar-refractivity contribution is 6.21. The number of nitrogens with zero attached hydrogens (tertiary/aromatic N) is 1. The zero-order chi connectivity index (χ0) is 19.4. The molecule has 0 aromatic heterocycles. The number of halogens is 2. The Labute approximate surface area is 153 Å². The third kappa shape index (κ3) is 4.11. The van der Waals surface area contributed by atoms with Crippen molar-refractivity contribution in [2.75, 3.05) is 11.9 Å². The molecule has 27 heavy (non-hydrogen) atoms. The Morgan fingerprint density at radius 2 is 1.59 bits per heavy atom. The van der Waals surface area contributed by atoms with Gasteiger partial charge in [0.15, 0.2) is 0 Å². The second-order valence-corrected chi connectivity index (χ2v) is 5.83. The van der Waals surface area contributed by atoms with Crippen molar-refractivity contribution in [1.29, 1.82) is 0 Å². The van der Waals surface area contributed by atoms with Crippen molar-refractivity contribution >= 4 is 23.4 Å². The number of nitrogens with one attached hydrogen (secondary N) is 1. The molecule has 2 aromatic carbocycles. The Bertz CT molecular complexity index is 851. The number of fused-ring (bicyclic) bond motifs is 1. The maximum absolute atomic E-state index is 12.4. The van der Waals surface area contributed by atoms with Crippen LogP contribution in [0.15, 0.2) is 48.5 Å². The van der Waals surface area contributed by atoms with Crippen molar-refractivity contribution in [1.82, 2.24) is 4.90 Å². The molecule has 0 bridgehead atoms. The summed E-state index contributed by atoms with van der Waals surface area (Å²) in [6.45, 7) is -2.91. The third-order valence-corrected chi connectivity index (χ3v) is 4.04. The van der Waals surface area contributed by atoms with E-state index in [4.69, 9.17) is 0 Å². The average molecular weight is 374 g/mol. The Hall–Kier alpha value is -3.29. The van der Waals surface area contributed by atoms with E-state index in [-0.39, 0.29) is 42.6 Å². The molecule has 3 rings (SSSR count). The van der Waals surface area contributed by atoms with Crippen molar-refractivity contribution in [3.63, 3.8) is 0 Å². The molecule has 0 atom stereocenters. The van der Waals surface area contributed by atoms with Crippen LogP contribution in [0.4, 0.5) is 14.5 Å². The molecule has 3 amide bonds. The Kier molecular flexibility index (Phi) is 5.44. The van der Waals surface area contributed by atoms with Crippen molar-refractivity contribution in [3.05, 3.63) is 59.7 Å². The number of carbonyl (C=O) groups is 3. The van der Waals surface area contributed by atoms with Gasteiger partial charge in [-0.15, -0.1) is 0 Å². The number of amides is 3. The average Bonchev–Trinajstić information content (AvgIpc) is 2.88. The van der Waals surface area contributed by atoms with Crippen LogP contribution >= 0.6 is 0 Å². The molecule has 1 aliphatic rings. The predicted octanol–water partition coefficient (Wildman–Crippen LogP) is 3.30. The topological polar surface area (TPSA) is 75.7 Å². The molecule has 1 N–H and O–H groups in total. The standard InChI is InChI=1S/C19H16F2N2O4/c20-19(21)27-15-9-4-3-8-14(15)22-16(24)10-5-11-23-17(25)12-6-1-2-7-13(12)18(23)26/h1-4,6-9,19H,5,10-11H2,(H,22,24). The quantitative estimate of drug-likeness (QED) is 0.755. The first kappa shape index (κ1) is 18.5. The fourth-order valence-electron chi connectivity index (χ4n) is 2.82. The molecule has 8 heteroatoms. The van der Waals surface area contributed by atoms with E-state index in [1.54, 1.807) is 30.3 Å². The van der Waals surface area contributed by atoms with E-state index in [2.05, 4.69) is 10.1 Å². The van der Waals surface area contributed by atoms with E-state index >= 15 is 0 Å². The van der Waals surface area contributed by atoms with Crippen LogP contribution in [-0.2, 0) is 4.79 Å². The van der Waals surface area contributed by atoms with Crippen LogP contribution in [0, 0.1) is 0 Å². The van der Waals surface area contributed by atoms with Crippen molar-refractivity contribution < 1.29 is 27.9 Å². The lowest BCUT2D eigenvalue weighted by Crippen LogP contribution is -2.31. The van der Waals surface area contributed by atoms with Gasteiger partial charge in [0.25, 0.3) is 11.8 Å². The minimum Gasteiger partial charge on any atom is -0.433 e. The van der Waals surface area contributed by atoms with E-state index in [1.807, 2.05) is 0 Å². The fraction of sp³-hybridized carbons (Fsp3) is 0.211. The largest absolute Gasteiger partial charge is 0.433 e. The number of rotatable bonds is 7. The molecule has 1 aliphatic heterocycles. The Morgan fingerprint density at radius 1 is 1.00 bits per heavy atom. The van der Waals surface area contributed by atoms with E-state index < -0.39 is 12.5 Å². The lowest BCUT2D eigenvalue weighted by atomic mass is 10.1. The number of benzene rings is 2. The fourth-order valence-corrected chi connectivity index (χ4v) is 2.82. The minimum absolute atomic E-state index is 0.0103. The molecule has 1 heterocycles. The zero-order valence-electron chi connectivity index (χ0n) is 14.2. The summed E-state index contributed by atoms with van der Waals surface area (Å²) in [6.07, 6.45) is 0.256. The number of para-hydroxylation sites is 2. The molecule has 0 fully saturated rings. The highest BCUT2D eigenvalue weighted by Gasteiger charge is 2.34. The number of carbonyl (C=O) groups excluding carboxylic acids is 3. The lowest BCUT2D eigenvalue weighted by molar-refractivity contribution is -0.116. The second-order valence-electron chi connectivity index (χ2n) is 5.83. The maximum Gasteiger partial charge on any atom is 0.387 e. The van der Waals surface area contributed by atoms with Gasteiger partial charge in [0, 0.05) is 13.0 Å². The van der Waals surface area contributed by atoms with E-state index in [0.29, 0.717) is 11.1 Å². The summed E-state index contributed by atoms with van der Waals surface area (Å²) in [5, 5.41) is 2.50. The SMILES string of the molecule is O=C(CCCN1C(=O)c2ccccc2C1=O)Nc1ccccc1OC(F)F. The molecule has 0 saturated heterocycles. The molecule has 0 aliphatic carbocycles. The molecular formula is C19H16F2N2O4. The number of ether oxygens (including phenoxy) is 1. The van der Waals surface area contributed by atoms with Crippen LogP contribution in [-0.4, -0.2) is 35.8 Å². The summed E-state index contributed by atoms with van der Waals surface area (Å²) in [5.74, 6) is -1.34. The van der Waals surface area contributed by atoms with Crippen molar-refractivity contribution in [3.8, 4) is 5.75 Å². The van der Waals surface area contributed by atoms with Crippen LogP contribution in [0.25, 0.3) is 0 Å². The zero-order valence-corrected chi connectivity index (χ0v) is 14.2. The van der Waals surface area contributed by atoms with Crippen molar-refractivity contribution in [2.24, 2.45) is 0 Å². The van der Waals surface area contributed by atoms with Gasteiger partial charge in [-0.2, -0.15) is 8.78 Å². The van der Waals surface area contributed by atoms with Crippen LogP contribution in [0.2, 0.25) is 0 Å². The van der Waals surface area contributed by atoms with Gasteiger partial charge in [-0.25, -0.2) is 0 Å². The summed E-state index contributed by atoms with van der Waals surface area (Å²) in [5.41, 5.74) is 0.832. The van der Waals surface area contributed by atoms with Gasteiger partial charge >= 0.3 is 6.61 Å². The van der Waals surface area contributed by atoms with Gasteiger partial charge in [0.05, 0.1) is 16.8 Å². The number of anilines is 1. The number of hydrogen-bond donors (Lipinski definition) is 1. The van der Waals surface area contributed by atoms with Gasteiger partial charge in [-0.1, -0.05) is 24.3 Å². The maximum atomic E-state index is 12.4. The first-order valence-corrected chi connectivity index (χ1v) is 8.26. The van der Waals surface area contributed by atoms with Crippen LogP contribution < -0.4 is 10.1 Å². The summed E-state index contributed by atoms with van der Waals surface area (Å²) in [4.78, 5) is 37.6. The van der Waals surface area contributed by atoms with Crippen LogP contribution in [0.5, 0.6) is 5.75 Å². The first-order chi connectivity index (χ1) is 13.0. The third-order valence-electron chi connectivity index (χ3n) is 4.04. The first-order valence-electron chi connectivity index (χ1n) is 8.26. The number of alkyl halides is 2. The van der Waals surface area contributed by atoms with Crippen LogP contribution in [0.1, 0.15) is 33.6 Å². The molecular weight excluding hydrogens is 358 g/mol. The monoisotopic (exact) mass is 374 g/mol. The van der Waals surface area contributed by atoms with E-state index in [0.717, 1.165) is 4.90 Å². The predicted molar refractivity (Wildman–Crippen MR) is 92.7 cm³/mol. The van der Waals surface area contributed by atoms with Gasteiger partial charge in [0.1, 0.15) is 5.75 Å². The normalized spacial score (nSPS) is 13.1. The Morgan fingerprint density at radius 3 is 2.22 bits per heavy atom. The summed E-state index contributed by atoms with van der Waals surface area (Å²) in [6, 6.07) is 12.4. The molecule has 140 valence electrons. The van der Waals surface area contributed by atoms with Gasteiger partial charge in [-0.3, -0.25) is 19.3 Å². The van der Waals surface area contributed by atoms with E-state index in [9.17, 15) is 23.2 Å². The molecule has 0 spiro atoms. The molecule has 2 aromatic rings. The summed E-state index contributed by atoms with van der Waals surface area (Å²) >= 11 is 0. The second kappa shape index (κ2) is 7.94. The minimum atomic E-state index is -3.00. The highest BCUT2D eigenvalue weighted by atomic mass is 19.3. The van der Waals surface area contributed by atoms with Gasteiger partial charge < -0.3 is 10.1 Å². The summed E-state index contributed by atoms with van der Waals surface area (Å²) < 4.78 is 29.1. The molecule has 0 unspecified atom stereocenters. The number of imide groups is 1. The highest BCUT2D eigenvalue weighted by Crippen LogP contribution is 2.26. The number of hydrogen-bond acceptors (Lipinski definition) is 4. The molecule has 0 saturated carbocycles. The lowest BCUT2D eigenvalue weighted by Gasteiger charge is -2.14. The summed E-state index contributed by atoms with van der Waals surface area (Å²) in [7, 11) is 0. The van der Waals surface area contributed by atoms with E-state index in [1.165, 1.54) is 18.2 Å².